The number of phenols is 4. The fourth-order valence-corrected chi connectivity index (χ4v) is 2.75. The van der Waals surface area contributed by atoms with Gasteiger partial charge in [-0.1, -0.05) is 42.5 Å². The number of aryl methyl sites for hydroxylation is 1. The molecule has 3 rings (SSSR count). The largest absolute Gasteiger partial charge is 0.508 e. The van der Waals surface area contributed by atoms with Crippen LogP contribution in [0.5, 0.6) is 23.0 Å². The average molecular weight is 322 g/mol. The Bertz CT molecular complexity index is 857. The van der Waals surface area contributed by atoms with Crippen molar-refractivity contribution in [3.05, 3.63) is 71.8 Å². The number of rotatable bonds is 4. The van der Waals surface area contributed by atoms with E-state index in [1.54, 1.807) is 12.1 Å². The van der Waals surface area contributed by atoms with Gasteiger partial charge in [0.25, 0.3) is 0 Å². The number of hydrogen-bond acceptors (Lipinski definition) is 4. The zero-order valence-corrected chi connectivity index (χ0v) is 13.0. The highest BCUT2D eigenvalue weighted by Gasteiger charge is 2.17. The molecule has 0 saturated heterocycles. The van der Waals surface area contributed by atoms with Crippen LogP contribution in [0.4, 0.5) is 0 Å². The van der Waals surface area contributed by atoms with Crippen LogP contribution in [0, 0.1) is 0 Å². The second-order valence-electron chi connectivity index (χ2n) is 5.62. The Balaban J connectivity index is 1.97. The van der Waals surface area contributed by atoms with Crippen LogP contribution in [0.3, 0.4) is 0 Å². The van der Waals surface area contributed by atoms with Crippen LogP contribution < -0.4 is 0 Å². The highest BCUT2D eigenvalue weighted by atomic mass is 16.3. The molecule has 0 aliphatic heterocycles. The van der Waals surface area contributed by atoms with Crippen LogP contribution in [0.25, 0.3) is 11.1 Å². The molecule has 0 bridgehead atoms. The number of aromatic hydroxyl groups is 4. The highest BCUT2D eigenvalue weighted by molar-refractivity contribution is 5.79. The smallest absolute Gasteiger partial charge is 0.165 e. The predicted molar refractivity (Wildman–Crippen MR) is 92.4 cm³/mol. The zero-order chi connectivity index (χ0) is 17.1. The Kier molecular flexibility index (Phi) is 4.29. The van der Waals surface area contributed by atoms with Crippen molar-refractivity contribution in [3.8, 4) is 34.1 Å². The lowest BCUT2D eigenvalue weighted by Gasteiger charge is -2.13. The van der Waals surface area contributed by atoms with Crippen molar-refractivity contribution in [2.75, 3.05) is 0 Å². The van der Waals surface area contributed by atoms with E-state index in [9.17, 15) is 20.4 Å². The first-order valence-corrected chi connectivity index (χ1v) is 7.67. The predicted octanol–water partition coefficient (Wildman–Crippen LogP) is 3.96. The molecule has 0 saturated carbocycles. The first-order chi connectivity index (χ1) is 11.6. The summed E-state index contributed by atoms with van der Waals surface area (Å²) in [7, 11) is 0. The van der Waals surface area contributed by atoms with E-state index in [1.807, 2.05) is 30.3 Å². The minimum absolute atomic E-state index is 0.00632. The Morgan fingerprint density at radius 2 is 1.25 bits per heavy atom. The molecule has 122 valence electrons. The third kappa shape index (κ3) is 2.99. The Morgan fingerprint density at radius 1 is 0.542 bits per heavy atom. The molecule has 0 aromatic heterocycles. The van der Waals surface area contributed by atoms with Crippen LogP contribution >= 0.6 is 0 Å². The molecule has 4 heteroatoms. The van der Waals surface area contributed by atoms with Crippen LogP contribution in [0.15, 0.2) is 60.7 Å². The molecular formula is C20H18O4. The standard InChI is InChI=1S/C20H18O4/c21-17-12-11-15(14-7-4-8-18(22)20(14)24)19(23)16(17)10-9-13-5-2-1-3-6-13/h1-8,11-12,21-24H,9-10H2. The lowest BCUT2D eigenvalue weighted by Crippen LogP contribution is -1.94. The molecule has 3 aromatic rings. The van der Waals surface area contributed by atoms with Crippen molar-refractivity contribution in [2.45, 2.75) is 12.8 Å². The summed E-state index contributed by atoms with van der Waals surface area (Å²) in [6, 6.07) is 17.3. The van der Waals surface area contributed by atoms with E-state index in [4.69, 9.17) is 0 Å². The van der Waals surface area contributed by atoms with E-state index < -0.39 is 0 Å². The second kappa shape index (κ2) is 6.54. The molecule has 0 unspecified atom stereocenters. The van der Waals surface area contributed by atoms with Gasteiger partial charge in [-0.3, -0.25) is 0 Å². The number of phenolic OH excluding ortho intramolecular Hbond substituents is 4. The van der Waals surface area contributed by atoms with E-state index in [0.29, 0.717) is 29.5 Å². The van der Waals surface area contributed by atoms with Crippen LogP contribution in [-0.4, -0.2) is 20.4 Å². The van der Waals surface area contributed by atoms with Gasteiger partial charge in [0.2, 0.25) is 0 Å². The molecular weight excluding hydrogens is 304 g/mol. The van der Waals surface area contributed by atoms with Gasteiger partial charge in [0, 0.05) is 16.7 Å². The van der Waals surface area contributed by atoms with Crippen LogP contribution in [0.1, 0.15) is 11.1 Å². The molecule has 0 radical (unpaired) electrons. The van der Waals surface area contributed by atoms with Crippen molar-refractivity contribution >= 4 is 0 Å². The van der Waals surface area contributed by atoms with E-state index in [1.165, 1.54) is 18.2 Å². The average Bonchev–Trinajstić information content (AvgIpc) is 2.59. The number of para-hydroxylation sites is 1. The summed E-state index contributed by atoms with van der Waals surface area (Å²) in [5.74, 6) is -0.642. The van der Waals surface area contributed by atoms with Crippen molar-refractivity contribution in [1.82, 2.24) is 0 Å². The van der Waals surface area contributed by atoms with Gasteiger partial charge in [-0.25, -0.2) is 0 Å². The zero-order valence-electron chi connectivity index (χ0n) is 13.0. The highest BCUT2D eigenvalue weighted by Crippen LogP contribution is 2.43. The summed E-state index contributed by atoms with van der Waals surface area (Å²) in [6.07, 6.45) is 1.12. The summed E-state index contributed by atoms with van der Waals surface area (Å²) in [5, 5.41) is 40.3. The molecule has 4 N–H and O–H groups in total. The Labute approximate surface area is 139 Å². The van der Waals surface area contributed by atoms with Gasteiger partial charge < -0.3 is 20.4 Å². The van der Waals surface area contributed by atoms with Gasteiger partial charge >= 0.3 is 0 Å². The maximum Gasteiger partial charge on any atom is 0.165 e. The third-order valence-corrected chi connectivity index (χ3v) is 4.07. The maximum atomic E-state index is 10.6. The molecule has 0 heterocycles. The van der Waals surface area contributed by atoms with Crippen molar-refractivity contribution in [3.63, 3.8) is 0 Å². The van der Waals surface area contributed by atoms with E-state index in [0.717, 1.165) is 5.56 Å². The monoisotopic (exact) mass is 322 g/mol. The summed E-state index contributed by atoms with van der Waals surface area (Å²) in [4.78, 5) is 0. The Hall–Kier alpha value is -3.14. The molecule has 0 spiro atoms. The molecule has 0 atom stereocenters. The van der Waals surface area contributed by atoms with Gasteiger partial charge in [0.15, 0.2) is 11.5 Å². The molecule has 24 heavy (non-hydrogen) atoms. The van der Waals surface area contributed by atoms with Gasteiger partial charge in [-0.2, -0.15) is 0 Å². The van der Waals surface area contributed by atoms with Gasteiger partial charge in [0.1, 0.15) is 11.5 Å². The third-order valence-electron chi connectivity index (χ3n) is 4.07. The first kappa shape index (κ1) is 15.7. The van der Waals surface area contributed by atoms with Crippen molar-refractivity contribution in [2.24, 2.45) is 0 Å². The minimum Gasteiger partial charge on any atom is -0.508 e. The van der Waals surface area contributed by atoms with Crippen molar-refractivity contribution in [1.29, 1.82) is 0 Å². The Morgan fingerprint density at radius 3 is 2.00 bits per heavy atom. The summed E-state index contributed by atoms with van der Waals surface area (Å²) >= 11 is 0. The summed E-state index contributed by atoms with van der Waals surface area (Å²) < 4.78 is 0. The molecule has 0 fully saturated rings. The minimum atomic E-state index is -0.299. The lowest BCUT2D eigenvalue weighted by molar-refractivity contribution is 0.404. The number of benzene rings is 3. The van der Waals surface area contributed by atoms with E-state index >= 15 is 0 Å². The maximum absolute atomic E-state index is 10.6. The summed E-state index contributed by atoms with van der Waals surface area (Å²) in [5.41, 5.74) is 2.19. The SMILES string of the molecule is Oc1cccc(-c2ccc(O)c(CCc3ccccc3)c2O)c1O. The van der Waals surface area contributed by atoms with Gasteiger partial charge in [-0.05, 0) is 36.6 Å². The molecule has 0 aliphatic carbocycles. The first-order valence-electron chi connectivity index (χ1n) is 7.67. The van der Waals surface area contributed by atoms with Crippen LogP contribution in [0.2, 0.25) is 0 Å². The second-order valence-corrected chi connectivity index (χ2v) is 5.62. The molecule has 4 nitrogen and oxygen atoms in total. The molecule has 3 aromatic carbocycles. The fourth-order valence-electron chi connectivity index (χ4n) is 2.75. The quantitative estimate of drug-likeness (QED) is 0.548. The van der Waals surface area contributed by atoms with E-state index in [2.05, 4.69) is 0 Å². The fraction of sp³-hybridized carbons (Fsp3) is 0.100. The van der Waals surface area contributed by atoms with Crippen LogP contribution in [-0.2, 0) is 12.8 Å². The topological polar surface area (TPSA) is 80.9 Å². The normalized spacial score (nSPS) is 10.7. The van der Waals surface area contributed by atoms with Crippen molar-refractivity contribution < 1.29 is 20.4 Å². The molecule has 0 aliphatic rings. The summed E-state index contributed by atoms with van der Waals surface area (Å²) in [6.45, 7) is 0. The lowest BCUT2D eigenvalue weighted by atomic mass is 9.96. The van der Waals surface area contributed by atoms with E-state index in [-0.39, 0.29) is 23.0 Å². The van der Waals surface area contributed by atoms with Gasteiger partial charge in [-0.15, -0.1) is 0 Å². The number of hydrogen-bond donors (Lipinski definition) is 4. The van der Waals surface area contributed by atoms with Gasteiger partial charge in [0.05, 0.1) is 0 Å². The molecule has 0 amide bonds.